The Hall–Kier alpha value is -3.85. The van der Waals surface area contributed by atoms with Crippen molar-refractivity contribution in [3.63, 3.8) is 0 Å². The van der Waals surface area contributed by atoms with Crippen LogP contribution in [0.25, 0.3) is 0 Å². The Morgan fingerprint density at radius 2 is 1.54 bits per heavy atom. The third-order valence-electron chi connectivity index (χ3n) is 4.92. The monoisotopic (exact) mass is 495 g/mol. The fourth-order valence-electron chi connectivity index (χ4n) is 3.36. The quantitative estimate of drug-likeness (QED) is 0.441. The molecule has 0 aliphatic heterocycles. The zero-order valence-corrected chi connectivity index (χ0v) is 20.7. The van der Waals surface area contributed by atoms with Crippen LogP contribution in [0.3, 0.4) is 0 Å². The molecule has 0 bridgehead atoms. The smallest absolute Gasteiger partial charge is 0.264 e. The summed E-state index contributed by atoms with van der Waals surface area (Å²) in [5.74, 6) is -0.345. The Kier molecular flexibility index (Phi) is 8.48. The molecule has 0 saturated heterocycles. The van der Waals surface area contributed by atoms with E-state index in [0.29, 0.717) is 23.7 Å². The summed E-state index contributed by atoms with van der Waals surface area (Å²) in [5.41, 5.74) is 0.880. The molecular weight excluding hydrogens is 466 g/mol. The summed E-state index contributed by atoms with van der Waals surface area (Å²) in [7, 11) is -4.06. The van der Waals surface area contributed by atoms with Crippen molar-refractivity contribution in [2.75, 3.05) is 22.8 Å². The minimum Gasteiger partial charge on any atom is -0.494 e. The Morgan fingerprint density at radius 1 is 0.914 bits per heavy atom. The molecule has 0 radical (unpaired) electrons. The van der Waals surface area contributed by atoms with Gasteiger partial charge in [-0.1, -0.05) is 30.3 Å². The summed E-state index contributed by atoms with van der Waals surface area (Å²) in [6, 6.07) is 20.9. The van der Waals surface area contributed by atoms with Gasteiger partial charge in [-0.05, 0) is 69.3 Å². The van der Waals surface area contributed by atoms with Crippen LogP contribution in [0.2, 0.25) is 0 Å². The first kappa shape index (κ1) is 25.8. The molecule has 35 heavy (non-hydrogen) atoms. The number of nitrogens with zero attached hydrogens (tertiary/aromatic N) is 1. The minimum absolute atomic E-state index is 0.0541. The summed E-state index contributed by atoms with van der Waals surface area (Å²) < 4.78 is 33.4. The molecule has 0 aromatic heterocycles. The lowest BCUT2D eigenvalue weighted by Gasteiger charge is -2.24. The molecule has 3 aromatic rings. The molecule has 3 aromatic carbocycles. The number of para-hydroxylation sites is 1. The molecule has 184 valence electrons. The fourth-order valence-corrected chi connectivity index (χ4v) is 4.80. The van der Waals surface area contributed by atoms with Crippen LogP contribution in [0.4, 0.5) is 11.4 Å². The summed E-state index contributed by atoms with van der Waals surface area (Å²) in [5, 5.41) is 5.48. The summed E-state index contributed by atoms with van der Waals surface area (Å²) >= 11 is 0. The predicted octanol–water partition coefficient (Wildman–Crippen LogP) is 4.06. The molecule has 0 aliphatic rings. The Labute approximate surface area is 206 Å². The van der Waals surface area contributed by atoms with E-state index in [2.05, 4.69) is 10.6 Å². The maximum Gasteiger partial charge on any atom is 0.264 e. The second-order valence-electron chi connectivity index (χ2n) is 7.97. The number of hydrogen-bond acceptors (Lipinski definition) is 5. The first-order valence-electron chi connectivity index (χ1n) is 11.2. The highest BCUT2D eigenvalue weighted by Gasteiger charge is 2.27. The largest absolute Gasteiger partial charge is 0.494 e. The second kappa shape index (κ2) is 11.5. The van der Waals surface area contributed by atoms with Crippen LogP contribution >= 0.6 is 0 Å². The fraction of sp³-hybridized carbons (Fsp3) is 0.231. The van der Waals surface area contributed by atoms with Gasteiger partial charge in [-0.25, -0.2) is 8.42 Å². The van der Waals surface area contributed by atoms with Gasteiger partial charge in [0.25, 0.3) is 15.9 Å². The summed E-state index contributed by atoms with van der Waals surface area (Å²) in [4.78, 5) is 25.7. The number of sulfonamides is 1. The van der Waals surface area contributed by atoms with Crippen molar-refractivity contribution in [3.8, 4) is 5.75 Å². The van der Waals surface area contributed by atoms with Gasteiger partial charge in [0, 0.05) is 6.04 Å². The Bertz CT molecular complexity index is 1260. The Balaban J connectivity index is 1.91. The molecule has 2 N–H and O–H groups in total. The summed E-state index contributed by atoms with van der Waals surface area (Å²) in [6.45, 7) is 5.50. The number of amides is 2. The van der Waals surface area contributed by atoms with Crippen LogP contribution in [-0.2, 0) is 14.8 Å². The van der Waals surface area contributed by atoms with Crippen molar-refractivity contribution in [3.05, 3.63) is 84.4 Å². The number of carbonyl (C=O) groups excluding carboxylic acids is 2. The molecule has 3 rings (SSSR count). The highest BCUT2D eigenvalue weighted by atomic mass is 32.2. The third kappa shape index (κ3) is 6.60. The van der Waals surface area contributed by atoms with Crippen molar-refractivity contribution < 1.29 is 22.7 Å². The van der Waals surface area contributed by atoms with Crippen LogP contribution in [0.1, 0.15) is 31.1 Å². The van der Waals surface area contributed by atoms with Crippen LogP contribution in [0.15, 0.2) is 83.8 Å². The number of rotatable bonds is 10. The number of nitrogens with one attached hydrogen (secondary N) is 2. The molecular formula is C26H29N3O5S. The average Bonchev–Trinajstić information content (AvgIpc) is 2.84. The first-order chi connectivity index (χ1) is 16.7. The van der Waals surface area contributed by atoms with Gasteiger partial charge >= 0.3 is 0 Å². The van der Waals surface area contributed by atoms with E-state index in [0.717, 1.165) is 4.31 Å². The van der Waals surface area contributed by atoms with Crippen molar-refractivity contribution in [2.45, 2.75) is 31.7 Å². The zero-order chi connectivity index (χ0) is 25.4. The number of carbonyl (C=O) groups is 2. The topological polar surface area (TPSA) is 105 Å². The second-order valence-corrected chi connectivity index (χ2v) is 9.84. The van der Waals surface area contributed by atoms with Gasteiger partial charge in [0.05, 0.1) is 28.4 Å². The lowest BCUT2D eigenvalue weighted by Crippen LogP contribution is -2.38. The zero-order valence-electron chi connectivity index (χ0n) is 19.9. The van der Waals surface area contributed by atoms with Gasteiger partial charge in [0.1, 0.15) is 12.3 Å². The average molecular weight is 496 g/mol. The SMILES string of the molecule is CCOc1ccc(N(CC(=O)Nc2ccccc2C(=O)NC(C)C)S(=O)(=O)c2ccccc2)cc1. The van der Waals surface area contributed by atoms with E-state index in [1.807, 2.05) is 20.8 Å². The highest BCUT2D eigenvalue weighted by Crippen LogP contribution is 2.26. The Morgan fingerprint density at radius 3 is 2.17 bits per heavy atom. The van der Waals surface area contributed by atoms with E-state index in [4.69, 9.17) is 4.74 Å². The first-order valence-corrected chi connectivity index (χ1v) is 12.7. The number of ether oxygens (including phenoxy) is 1. The van der Waals surface area contributed by atoms with Crippen LogP contribution < -0.4 is 19.7 Å². The van der Waals surface area contributed by atoms with Gasteiger partial charge in [-0.3, -0.25) is 13.9 Å². The molecule has 0 saturated carbocycles. The standard InChI is InChI=1S/C26H29N3O5S/c1-4-34-21-16-14-20(15-17-21)29(35(32,33)22-10-6-5-7-11-22)18-25(30)28-24-13-9-8-12-23(24)26(31)27-19(2)3/h5-17,19H,4,18H2,1-3H3,(H,27,31)(H,28,30). The molecule has 0 fully saturated rings. The number of benzene rings is 3. The lowest BCUT2D eigenvalue weighted by atomic mass is 10.1. The van der Waals surface area contributed by atoms with Crippen molar-refractivity contribution in [1.82, 2.24) is 5.32 Å². The van der Waals surface area contributed by atoms with Crippen molar-refractivity contribution >= 4 is 33.2 Å². The molecule has 8 nitrogen and oxygen atoms in total. The number of hydrogen-bond donors (Lipinski definition) is 2. The van der Waals surface area contributed by atoms with Crippen LogP contribution in [0, 0.1) is 0 Å². The normalized spacial score (nSPS) is 11.1. The lowest BCUT2D eigenvalue weighted by molar-refractivity contribution is -0.114. The van der Waals surface area contributed by atoms with Gasteiger partial charge in [-0.2, -0.15) is 0 Å². The number of anilines is 2. The van der Waals surface area contributed by atoms with Gasteiger partial charge in [0.15, 0.2) is 0 Å². The van der Waals surface area contributed by atoms with E-state index in [-0.39, 0.29) is 22.4 Å². The van der Waals surface area contributed by atoms with E-state index in [1.165, 1.54) is 12.1 Å². The summed E-state index contributed by atoms with van der Waals surface area (Å²) in [6.07, 6.45) is 0. The molecule has 0 heterocycles. The molecule has 0 aliphatic carbocycles. The molecule has 0 unspecified atom stereocenters. The van der Waals surface area contributed by atoms with Gasteiger partial charge in [0.2, 0.25) is 5.91 Å². The van der Waals surface area contributed by atoms with Gasteiger partial charge in [-0.15, -0.1) is 0 Å². The minimum atomic E-state index is -4.06. The van der Waals surface area contributed by atoms with Crippen molar-refractivity contribution in [1.29, 1.82) is 0 Å². The van der Waals surface area contributed by atoms with E-state index in [1.54, 1.807) is 66.7 Å². The van der Waals surface area contributed by atoms with E-state index < -0.39 is 22.5 Å². The molecule has 9 heteroatoms. The van der Waals surface area contributed by atoms with Crippen LogP contribution in [-0.4, -0.2) is 39.4 Å². The predicted molar refractivity (Wildman–Crippen MR) is 136 cm³/mol. The van der Waals surface area contributed by atoms with Gasteiger partial charge < -0.3 is 15.4 Å². The van der Waals surface area contributed by atoms with E-state index in [9.17, 15) is 18.0 Å². The van der Waals surface area contributed by atoms with Crippen molar-refractivity contribution in [2.24, 2.45) is 0 Å². The highest BCUT2D eigenvalue weighted by molar-refractivity contribution is 7.92. The molecule has 0 atom stereocenters. The maximum atomic E-state index is 13.5. The molecule has 0 spiro atoms. The third-order valence-corrected chi connectivity index (χ3v) is 6.71. The van der Waals surface area contributed by atoms with Crippen LogP contribution in [0.5, 0.6) is 5.75 Å². The maximum absolute atomic E-state index is 13.5. The molecule has 2 amide bonds. The van der Waals surface area contributed by atoms with E-state index >= 15 is 0 Å².